The summed E-state index contributed by atoms with van der Waals surface area (Å²) in [4.78, 5) is 0. The number of hydrogen-bond acceptors (Lipinski definition) is 2. The zero-order valence-corrected chi connectivity index (χ0v) is 9.99. The number of aliphatic hydroxyl groups is 1. The molecule has 16 heavy (non-hydrogen) atoms. The van der Waals surface area contributed by atoms with E-state index in [1.165, 1.54) is 0 Å². The number of aryl methyl sites for hydroxylation is 1. The second kappa shape index (κ2) is 4.28. The van der Waals surface area contributed by atoms with Crippen molar-refractivity contribution < 1.29 is 5.11 Å². The highest BCUT2D eigenvalue weighted by Gasteiger charge is 2.10. The van der Waals surface area contributed by atoms with Crippen molar-refractivity contribution in [1.82, 2.24) is 9.78 Å². The minimum atomic E-state index is 0.0537. The summed E-state index contributed by atoms with van der Waals surface area (Å²) in [5, 5.41) is 14.0. The smallest absolute Gasteiger partial charge is 0.0848 e. The molecular formula is C12H13ClN2O. The third-order valence-corrected chi connectivity index (χ3v) is 3.11. The highest BCUT2D eigenvalue weighted by molar-refractivity contribution is 6.31. The molecule has 0 saturated carbocycles. The van der Waals surface area contributed by atoms with E-state index in [0.717, 1.165) is 22.6 Å². The van der Waals surface area contributed by atoms with E-state index in [1.807, 2.05) is 38.1 Å². The number of halogens is 1. The minimum Gasteiger partial charge on any atom is -0.392 e. The van der Waals surface area contributed by atoms with Crippen molar-refractivity contribution in [1.29, 1.82) is 0 Å². The first kappa shape index (κ1) is 11.2. The lowest BCUT2D eigenvalue weighted by molar-refractivity contribution is 0.282. The lowest BCUT2D eigenvalue weighted by Gasteiger charge is -2.04. The van der Waals surface area contributed by atoms with Crippen molar-refractivity contribution in [2.75, 3.05) is 0 Å². The van der Waals surface area contributed by atoms with Gasteiger partial charge in [-0.15, -0.1) is 0 Å². The Balaban J connectivity index is 2.46. The van der Waals surface area contributed by atoms with Crippen molar-refractivity contribution in [3.63, 3.8) is 0 Å². The fraction of sp³-hybridized carbons (Fsp3) is 0.250. The first-order valence-corrected chi connectivity index (χ1v) is 5.43. The molecule has 1 heterocycles. The maximum Gasteiger partial charge on any atom is 0.0848 e. The third kappa shape index (κ3) is 1.84. The lowest BCUT2D eigenvalue weighted by atomic mass is 10.2. The lowest BCUT2D eigenvalue weighted by Crippen LogP contribution is -1.99. The van der Waals surface area contributed by atoms with Crippen molar-refractivity contribution in [3.05, 3.63) is 46.2 Å². The highest BCUT2D eigenvalue weighted by Crippen LogP contribution is 2.22. The van der Waals surface area contributed by atoms with Gasteiger partial charge in [0.2, 0.25) is 0 Å². The molecule has 1 N–H and O–H groups in total. The van der Waals surface area contributed by atoms with E-state index in [-0.39, 0.29) is 6.61 Å². The van der Waals surface area contributed by atoms with Crippen LogP contribution in [0.2, 0.25) is 5.02 Å². The first-order valence-electron chi connectivity index (χ1n) is 5.05. The highest BCUT2D eigenvalue weighted by atomic mass is 35.5. The monoisotopic (exact) mass is 236 g/mol. The summed E-state index contributed by atoms with van der Waals surface area (Å²) in [6.07, 6.45) is 0. The fourth-order valence-electron chi connectivity index (χ4n) is 1.62. The normalized spacial score (nSPS) is 10.8. The Bertz CT molecular complexity index is 502. The zero-order chi connectivity index (χ0) is 11.7. The van der Waals surface area contributed by atoms with Gasteiger partial charge >= 0.3 is 0 Å². The molecule has 84 valence electrons. The van der Waals surface area contributed by atoms with Gasteiger partial charge in [-0.1, -0.05) is 23.7 Å². The molecule has 0 saturated heterocycles. The Labute approximate surface area is 99.3 Å². The average molecular weight is 237 g/mol. The summed E-state index contributed by atoms with van der Waals surface area (Å²) in [6, 6.07) is 7.59. The number of hydrogen-bond donors (Lipinski definition) is 1. The van der Waals surface area contributed by atoms with Crippen LogP contribution in [0.1, 0.15) is 17.0 Å². The van der Waals surface area contributed by atoms with Gasteiger partial charge in [0.1, 0.15) is 0 Å². The summed E-state index contributed by atoms with van der Waals surface area (Å²) in [7, 11) is 0. The summed E-state index contributed by atoms with van der Waals surface area (Å²) < 4.78 is 1.80. The van der Waals surface area contributed by atoms with Gasteiger partial charge in [0.25, 0.3) is 0 Å². The van der Waals surface area contributed by atoms with Crippen LogP contribution >= 0.6 is 11.6 Å². The van der Waals surface area contributed by atoms with E-state index in [4.69, 9.17) is 16.7 Å². The van der Waals surface area contributed by atoms with Gasteiger partial charge in [-0.25, -0.2) is 4.68 Å². The quantitative estimate of drug-likeness (QED) is 0.871. The molecule has 0 radical (unpaired) electrons. The predicted molar refractivity (Wildman–Crippen MR) is 64.0 cm³/mol. The molecule has 1 aromatic heterocycles. The molecule has 2 aromatic rings. The standard InChI is InChI=1S/C12H13ClN2O/c1-8-12(13)9(2)15(14-8)11-5-3-10(7-16)4-6-11/h3-6,16H,7H2,1-2H3. The number of nitrogens with zero attached hydrogens (tertiary/aromatic N) is 2. The molecule has 1 aromatic carbocycles. The summed E-state index contributed by atoms with van der Waals surface area (Å²) in [5.74, 6) is 0. The van der Waals surface area contributed by atoms with E-state index < -0.39 is 0 Å². The molecule has 0 fully saturated rings. The molecule has 0 atom stereocenters. The Morgan fingerprint density at radius 3 is 2.31 bits per heavy atom. The topological polar surface area (TPSA) is 38.0 Å². The minimum absolute atomic E-state index is 0.0537. The van der Waals surface area contributed by atoms with Gasteiger partial charge in [-0.3, -0.25) is 0 Å². The molecule has 0 aliphatic rings. The van der Waals surface area contributed by atoms with Gasteiger partial charge in [-0.05, 0) is 31.5 Å². The zero-order valence-electron chi connectivity index (χ0n) is 9.24. The Morgan fingerprint density at radius 2 is 1.88 bits per heavy atom. The van der Waals surface area contributed by atoms with Crippen molar-refractivity contribution in [2.24, 2.45) is 0 Å². The van der Waals surface area contributed by atoms with Gasteiger partial charge in [0, 0.05) is 0 Å². The van der Waals surface area contributed by atoms with Crippen LogP contribution in [0.25, 0.3) is 5.69 Å². The number of aromatic nitrogens is 2. The number of aliphatic hydroxyl groups excluding tert-OH is 1. The Morgan fingerprint density at radius 1 is 1.25 bits per heavy atom. The average Bonchev–Trinajstić information content (AvgIpc) is 2.57. The number of rotatable bonds is 2. The molecule has 0 spiro atoms. The SMILES string of the molecule is Cc1nn(-c2ccc(CO)cc2)c(C)c1Cl. The van der Waals surface area contributed by atoms with E-state index in [9.17, 15) is 0 Å². The second-order valence-electron chi connectivity index (χ2n) is 3.72. The summed E-state index contributed by atoms with van der Waals surface area (Å²) in [5.41, 5.74) is 3.59. The van der Waals surface area contributed by atoms with Crippen LogP contribution in [0.15, 0.2) is 24.3 Å². The van der Waals surface area contributed by atoms with Crippen LogP contribution in [0.4, 0.5) is 0 Å². The third-order valence-electron chi connectivity index (χ3n) is 2.57. The van der Waals surface area contributed by atoms with Gasteiger partial charge in [-0.2, -0.15) is 5.10 Å². The predicted octanol–water partition coefficient (Wildman–Crippen LogP) is 2.63. The Kier molecular flexibility index (Phi) is 2.99. The molecule has 0 amide bonds. The molecule has 2 rings (SSSR count). The Hall–Kier alpha value is -1.32. The fourth-order valence-corrected chi connectivity index (χ4v) is 1.74. The van der Waals surface area contributed by atoms with Crippen LogP contribution in [-0.2, 0) is 6.61 Å². The molecule has 0 aliphatic carbocycles. The molecule has 0 unspecified atom stereocenters. The van der Waals surface area contributed by atoms with Gasteiger partial charge in [0.05, 0.1) is 28.7 Å². The van der Waals surface area contributed by atoms with Crippen LogP contribution in [0.5, 0.6) is 0 Å². The van der Waals surface area contributed by atoms with Crippen LogP contribution in [0.3, 0.4) is 0 Å². The largest absolute Gasteiger partial charge is 0.392 e. The van der Waals surface area contributed by atoms with Gasteiger partial charge < -0.3 is 5.11 Å². The van der Waals surface area contributed by atoms with Gasteiger partial charge in [0.15, 0.2) is 0 Å². The summed E-state index contributed by atoms with van der Waals surface area (Å²) in [6.45, 7) is 3.87. The second-order valence-corrected chi connectivity index (χ2v) is 4.10. The van der Waals surface area contributed by atoms with Crippen LogP contribution in [-0.4, -0.2) is 14.9 Å². The van der Waals surface area contributed by atoms with E-state index in [2.05, 4.69) is 5.10 Å². The van der Waals surface area contributed by atoms with Crippen molar-refractivity contribution >= 4 is 11.6 Å². The molecular weight excluding hydrogens is 224 g/mol. The number of benzene rings is 1. The first-order chi connectivity index (χ1) is 7.63. The maximum atomic E-state index is 8.96. The molecule has 3 nitrogen and oxygen atoms in total. The van der Waals surface area contributed by atoms with Crippen LogP contribution < -0.4 is 0 Å². The van der Waals surface area contributed by atoms with E-state index in [1.54, 1.807) is 4.68 Å². The van der Waals surface area contributed by atoms with Crippen molar-refractivity contribution in [2.45, 2.75) is 20.5 Å². The summed E-state index contributed by atoms with van der Waals surface area (Å²) >= 11 is 6.08. The molecule has 4 heteroatoms. The molecule has 0 bridgehead atoms. The van der Waals surface area contributed by atoms with Crippen LogP contribution in [0, 0.1) is 13.8 Å². The maximum absolute atomic E-state index is 8.96. The van der Waals surface area contributed by atoms with E-state index >= 15 is 0 Å². The van der Waals surface area contributed by atoms with E-state index in [0.29, 0.717) is 5.02 Å². The molecule has 0 aliphatic heterocycles. The van der Waals surface area contributed by atoms with Crippen molar-refractivity contribution in [3.8, 4) is 5.69 Å².